The maximum atomic E-state index is 13.3. The fourth-order valence-corrected chi connectivity index (χ4v) is 7.19. The molecule has 1 fully saturated rings. The van der Waals surface area contributed by atoms with Crippen LogP contribution in [0.1, 0.15) is 64.9 Å². The summed E-state index contributed by atoms with van der Waals surface area (Å²) in [7, 11) is 3.86. The van der Waals surface area contributed by atoms with Crippen molar-refractivity contribution in [2.24, 2.45) is 5.92 Å². The first-order valence-electron chi connectivity index (χ1n) is 12.7. The van der Waals surface area contributed by atoms with E-state index in [9.17, 15) is 19.2 Å². The van der Waals surface area contributed by atoms with Gasteiger partial charge in [0, 0.05) is 34.9 Å². The van der Waals surface area contributed by atoms with Crippen LogP contribution in [0.5, 0.6) is 0 Å². The van der Waals surface area contributed by atoms with Gasteiger partial charge < -0.3 is 16.0 Å². The van der Waals surface area contributed by atoms with E-state index in [1.807, 2.05) is 59.7 Å². The fourth-order valence-electron chi connectivity index (χ4n) is 3.90. The van der Waals surface area contributed by atoms with Gasteiger partial charge in [0.25, 0.3) is 5.91 Å². The number of amides is 3. The number of rotatable bonds is 15. The highest BCUT2D eigenvalue weighted by molar-refractivity contribution is 9.10. The molecule has 1 saturated heterocycles. The first-order chi connectivity index (χ1) is 17.2. The second-order valence-electron chi connectivity index (χ2n) is 9.12. The molecule has 2 unspecified atom stereocenters. The van der Waals surface area contributed by atoms with Crippen molar-refractivity contribution in [1.29, 1.82) is 0 Å². The average Bonchev–Trinajstić information content (AvgIpc) is 3.39. The number of hydrogen-bond acceptors (Lipinski definition) is 6. The standard InChI is InChI=1S/C26H38BrN3O4S2/c1-4-17(3)23(30-22(31)9-7-6-8-20-14-15-35-36-20)25(33)29-21(24(32)26(34)28-5-2)16-18-10-12-19(27)13-11-18/h10-13,17,20-21,23H,4-9,14-16H2,1-3H3,(H,28,34)(H,29,33)(H,30,31)/t17?,20?,21-,23-/m0/s1. The Hall–Kier alpha value is -1.52. The molecule has 0 aromatic heterocycles. The van der Waals surface area contributed by atoms with Crippen LogP contribution in [-0.2, 0) is 25.6 Å². The minimum absolute atomic E-state index is 0.131. The van der Waals surface area contributed by atoms with Gasteiger partial charge in [-0.1, -0.05) is 76.3 Å². The minimum Gasteiger partial charge on any atom is -0.350 e. The zero-order valence-electron chi connectivity index (χ0n) is 21.3. The molecule has 7 nitrogen and oxygen atoms in total. The molecule has 0 spiro atoms. The van der Waals surface area contributed by atoms with Crippen LogP contribution in [0.3, 0.4) is 0 Å². The highest BCUT2D eigenvalue weighted by Gasteiger charge is 2.32. The Morgan fingerprint density at radius 2 is 1.81 bits per heavy atom. The van der Waals surface area contributed by atoms with Gasteiger partial charge >= 0.3 is 0 Å². The Balaban J connectivity index is 2.02. The number of ketones is 1. The Morgan fingerprint density at radius 1 is 1.08 bits per heavy atom. The molecule has 10 heteroatoms. The van der Waals surface area contributed by atoms with Gasteiger partial charge in [-0.3, -0.25) is 19.2 Å². The number of carbonyl (C=O) groups excluding carboxylic acids is 4. The molecule has 2 rings (SSSR count). The van der Waals surface area contributed by atoms with Crippen LogP contribution in [0.2, 0.25) is 0 Å². The van der Waals surface area contributed by atoms with Gasteiger partial charge in [-0.2, -0.15) is 0 Å². The van der Waals surface area contributed by atoms with Crippen molar-refractivity contribution in [3.05, 3.63) is 34.3 Å². The van der Waals surface area contributed by atoms with E-state index in [4.69, 9.17) is 0 Å². The Bertz CT molecular complexity index is 878. The molecule has 36 heavy (non-hydrogen) atoms. The van der Waals surface area contributed by atoms with E-state index in [1.54, 1.807) is 6.92 Å². The second kappa shape index (κ2) is 16.3. The summed E-state index contributed by atoms with van der Waals surface area (Å²) in [5.74, 6) is -0.977. The molecular weight excluding hydrogens is 562 g/mol. The predicted molar refractivity (Wildman–Crippen MR) is 152 cm³/mol. The van der Waals surface area contributed by atoms with Crippen LogP contribution in [0.25, 0.3) is 0 Å². The van der Waals surface area contributed by atoms with E-state index >= 15 is 0 Å². The number of nitrogens with one attached hydrogen (secondary N) is 3. The SMILES string of the molecule is CCNC(=O)C(=O)[C@H](Cc1ccc(Br)cc1)NC(=O)[C@@H](NC(=O)CCCCC1CCSS1)C(C)CC. The number of carbonyl (C=O) groups is 4. The van der Waals surface area contributed by atoms with E-state index in [0.717, 1.165) is 29.3 Å². The van der Waals surface area contributed by atoms with Gasteiger partial charge in [-0.05, 0) is 49.8 Å². The topological polar surface area (TPSA) is 104 Å². The molecule has 0 radical (unpaired) electrons. The van der Waals surface area contributed by atoms with Crippen molar-refractivity contribution >= 4 is 61.0 Å². The molecule has 3 N–H and O–H groups in total. The van der Waals surface area contributed by atoms with Gasteiger partial charge in [0.1, 0.15) is 12.1 Å². The summed E-state index contributed by atoms with van der Waals surface area (Å²) in [6.45, 7) is 5.89. The van der Waals surface area contributed by atoms with E-state index < -0.39 is 29.7 Å². The van der Waals surface area contributed by atoms with Crippen LogP contribution in [0, 0.1) is 5.92 Å². The molecule has 1 aromatic carbocycles. The summed E-state index contributed by atoms with van der Waals surface area (Å²) < 4.78 is 0.891. The summed E-state index contributed by atoms with van der Waals surface area (Å²) in [6.07, 6.45) is 5.33. The van der Waals surface area contributed by atoms with Crippen molar-refractivity contribution in [3.63, 3.8) is 0 Å². The van der Waals surface area contributed by atoms with E-state index in [0.29, 0.717) is 24.6 Å². The van der Waals surface area contributed by atoms with Crippen LogP contribution in [-0.4, -0.2) is 53.1 Å². The molecule has 3 amide bonds. The summed E-state index contributed by atoms with van der Waals surface area (Å²) in [4.78, 5) is 51.2. The highest BCUT2D eigenvalue weighted by atomic mass is 79.9. The Kier molecular flexibility index (Phi) is 13.9. The number of benzene rings is 1. The Morgan fingerprint density at radius 3 is 2.42 bits per heavy atom. The molecule has 1 aromatic rings. The zero-order chi connectivity index (χ0) is 26.5. The maximum Gasteiger partial charge on any atom is 0.289 e. The quantitative estimate of drug-likeness (QED) is 0.156. The Labute approximate surface area is 231 Å². The molecule has 200 valence electrons. The van der Waals surface area contributed by atoms with Gasteiger partial charge in [0.2, 0.25) is 17.6 Å². The van der Waals surface area contributed by atoms with Crippen molar-refractivity contribution < 1.29 is 19.2 Å². The van der Waals surface area contributed by atoms with Crippen molar-refractivity contribution in [1.82, 2.24) is 16.0 Å². The van der Waals surface area contributed by atoms with Gasteiger partial charge in [0.15, 0.2) is 0 Å². The van der Waals surface area contributed by atoms with Crippen LogP contribution in [0.15, 0.2) is 28.7 Å². The van der Waals surface area contributed by atoms with Crippen LogP contribution in [0.4, 0.5) is 0 Å². The summed E-state index contributed by atoms with van der Waals surface area (Å²) >= 11 is 3.39. The number of halogens is 1. The second-order valence-corrected chi connectivity index (χ2v) is 12.8. The summed E-state index contributed by atoms with van der Waals surface area (Å²) in [5, 5.41) is 8.85. The number of likely N-dealkylation sites (N-methyl/N-ethyl adjacent to an activating group) is 1. The number of Topliss-reactive ketones (excluding diaryl/α,β-unsaturated/α-hetero) is 1. The number of unbranched alkanes of at least 4 members (excludes halogenated alkanes) is 1. The lowest BCUT2D eigenvalue weighted by Gasteiger charge is -2.26. The third-order valence-electron chi connectivity index (χ3n) is 6.27. The first kappa shape index (κ1) is 30.7. The molecule has 0 aliphatic carbocycles. The monoisotopic (exact) mass is 599 g/mol. The molecule has 1 aliphatic rings. The third kappa shape index (κ3) is 10.5. The van der Waals surface area contributed by atoms with E-state index in [-0.39, 0.29) is 18.2 Å². The van der Waals surface area contributed by atoms with Gasteiger partial charge in [0.05, 0.1) is 0 Å². The zero-order valence-corrected chi connectivity index (χ0v) is 24.5. The first-order valence-corrected chi connectivity index (χ1v) is 15.9. The fraction of sp³-hybridized carbons (Fsp3) is 0.615. The van der Waals surface area contributed by atoms with Crippen LogP contribution >= 0.6 is 37.5 Å². The number of hydrogen-bond donors (Lipinski definition) is 3. The van der Waals surface area contributed by atoms with Crippen LogP contribution < -0.4 is 16.0 Å². The summed E-state index contributed by atoms with van der Waals surface area (Å²) in [5.41, 5.74) is 0.809. The molecule has 4 atom stereocenters. The molecule has 1 aliphatic heterocycles. The lowest BCUT2D eigenvalue weighted by Crippen LogP contribution is -2.56. The molecule has 0 saturated carbocycles. The lowest BCUT2D eigenvalue weighted by atomic mass is 9.96. The molecular formula is C26H38BrN3O4S2. The highest BCUT2D eigenvalue weighted by Crippen LogP contribution is 2.39. The third-order valence-corrected chi connectivity index (χ3v) is 9.80. The molecule has 1 heterocycles. The maximum absolute atomic E-state index is 13.3. The van der Waals surface area contributed by atoms with Gasteiger partial charge in [-0.25, -0.2) is 0 Å². The normalized spacial score (nSPS) is 17.6. The largest absolute Gasteiger partial charge is 0.350 e. The van der Waals surface area contributed by atoms with E-state index in [1.165, 1.54) is 12.2 Å². The van der Waals surface area contributed by atoms with Crippen molar-refractivity contribution in [2.75, 3.05) is 12.3 Å². The minimum atomic E-state index is -1.03. The van der Waals surface area contributed by atoms with Crippen molar-refractivity contribution in [3.8, 4) is 0 Å². The predicted octanol–water partition coefficient (Wildman–Crippen LogP) is 4.43. The lowest BCUT2D eigenvalue weighted by molar-refractivity contribution is -0.140. The van der Waals surface area contributed by atoms with Crippen molar-refractivity contribution in [2.45, 2.75) is 83.1 Å². The molecule has 0 bridgehead atoms. The van der Waals surface area contributed by atoms with E-state index in [2.05, 4.69) is 31.9 Å². The smallest absolute Gasteiger partial charge is 0.289 e. The average molecular weight is 601 g/mol. The van der Waals surface area contributed by atoms with Gasteiger partial charge in [-0.15, -0.1) is 0 Å². The summed E-state index contributed by atoms with van der Waals surface area (Å²) in [6, 6.07) is 5.55.